The second kappa shape index (κ2) is 13.1. The van der Waals surface area contributed by atoms with Crippen LogP contribution in [0.2, 0.25) is 0 Å². The number of fused-ring (bicyclic) bond motifs is 1. The number of aromatic nitrogens is 2. The van der Waals surface area contributed by atoms with Crippen molar-refractivity contribution in [2.24, 2.45) is 0 Å². The standard InChI is InChI=1S/C29H29F2N3O3/c1-4-7-17-32-29(36)21(6-3)9-8-20(5-2)19-23-25-13-15-28(33-34(25)18-16-26(23)35)37-27-14-11-22(30)10-12-24(27)31/h5-6,8-9,11-16,18H,2-4,7,10,17,19H2,1H3,(H,32,36)/b20-8-,21-9+. The molecular formula is C29H29F2N3O3. The molecular weight excluding hydrogens is 476 g/mol. The van der Waals surface area contributed by atoms with Crippen LogP contribution >= 0.6 is 0 Å². The molecule has 1 N–H and O–H groups in total. The van der Waals surface area contributed by atoms with Crippen LogP contribution in [0.5, 0.6) is 5.88 Å². The quantitative estimate of drug-likeness (QED) is 0.240. The first-order valence-corrected chi connectivity index (χ1v) is 11.9. The molecule has 1 aliphatic carbocycles. The van der Waals surface area contributed by atoms with Crippen molar-refractivity contribution in [3.63, 3.8) is 0 Å². The molecule has 2 aromatic heterocycles. The topological polar surface area (TPSA) is 72.7 Å². The summed E-state index contributed by atoms with van der Waals surface area (Å²) in [4.78, 5) is 25.0. The SMILES string of the molecule is C=C/C(=C/C=C(\C=C)C(=O)NCCCC)Cc1c(=O)ccn2nc(OC3=CC=C(F)CC=C3F)ccc12. The summed E-state index contributed by atoms with van der Waals surface area (Å²) in [5.74, 6) is -1.50. The summed E-state index contributed by atoms with van der Waals surface area (Å²) in [6, 6.07) is 4.52. The molecule has 1 aliphatic rings. The van der Waals surface area contributed by atoms with Crippen LogP contribution in [-0.2, 0) is 11.2 Å². The molecule has 0 radical (unpaired) electrons. The van der Waals surface area contributed by atoms with Crippen molar-refractivity contribution in [3.8, 4) is 5.88 Å². The Balaban J connectivity index is 1.87. The zero-order chi connectivity index (χ0) is 26.8. The highest BCUT2D eigenvalue weighted by Gasteiger charge is 2.14. The number of amides is 1. The van der Waals surface area contributed by atoms with Gasteiger partial charge in [0.25, 0.3) is 5.91 Å². The van der Waals surface area contributed by atoms with Gasteiger partial charge in [-0.15, -0.1) is 5.10 Å². The predicted octanol–water partition coefficient (Wildman–Crippen LogP) is 5.75. The van der Waals surface area contributed by atoms with Crippen molar-refractivity contribution in [2.45, 2.75) is 32.6 Å². The first-order chi connectivity index (χ1) is 17.9. The highest BCUT2D eigenvalue weighted by molar-refractivity contribution is 5.96. The van der Waals surface area contributed by atoms with Crippen LogP contribution in [0.4, 0.5) is 8.78 Å². The van der Waals surface area contributed by atoms with E-state index in [4.69, 9.17) is 4.74 Å². The van der Waals surface area contributed by atoms with E-state index in [1.165, 1.54) is 35.0 Å². The summed E-state index contributed by atoms with van der Waals surface area (Å²) in [5.41, 5.74) is 1.89. The normalized spacial score (nSPS) is 14.3. The van der Waals surface area contributed by atoms with Crippen LogP contribution in [0.1, 0.15) is 31.7 Å². The van der Waals surface area contributed by atoms with Crippen LogP contribution in [0.25, 0.3) is 5.52 Å². The van der Waals surface area contributed by atoms with Crippen LogP contribution < -0.4 is 15.5 Å². The van der Waals surface area contributed by atoms with Gasteiger partial charge in [-0.2, -0.15) is 0 Å². The van der Waals surface area contributed by atoms with E-state index in [2.05, 4.69) is 23.6 Å². The lowest BCUT2D eigenvalue weighted by Crippen LogP contribution is -2.25. The van der Waals surface area contributed by atoms with E-state index in [9.17, 15) is 18.4 Å². The lowest BCUT2D eigenvalue weighted by atomic mass is 10.0. The minimum absolute atomic E-state index is 0.0692. The Hall–Kier alpha value is -4.33. The van der Waals surface area contributed by atoms with Gasteiger partial charge in [-0.3, -0.25) is 9.59 Å². The van der Waals surface area contributed by atoms with Gasteiger partial charge in [-0.1, -0.05) is 44.7 Å². The number of pyridine rings is 1. The number of halogens is 2. The van der Waals surface area contributed by atoms with E-state index in [1.807, 2.05) is 6.92 Å². The number of carbonyl (C=O) groups is 1. The number of carbonyl (C=O) groups excluding carboxylic acids is 1. The van der Waals surface area contributed by atoms with E-state index >= 15 is 0 Å². The number of hydrogen-bond acceptors (Lipinski definition) is 4. The van der Waals surface area contributed by atoms with Crippen molar-refractivity contribution in [1.29, 1.82) is 0 Å². The van der Waals surface area contributed by atoms with Crippen molar-refractivity contribution in [3.05, 3.63) is 124 Å². The fourth-order valence-corrected chi connectivity index (χ4v) is 3.48. The van der Waals surface area contributed by atoms with Gasteiger partial charge in [0.05, 0.1) is 5.52 Å². The molecule has 0 spiro atoms. The molecule has 0 saturated carbocycles. The molecule has 0 aromatic carbocycles. The van der Waals surface area contributed by atoms with Gasteiger partial charge in [-0.25, -0.2) is 13.3 Å². The summed E-state index contributed by atoms with van der Waals surface area (Å²) in [7, 11) is 0. The molecule has 0 bridgehead atoms. The Bertz CT molecular complexity index is 1410. The molecule has 1 amide bonds. The summed E-state index contributed by atoms with van der Waals surface area (Å²) >= 11 is 0. The molecule has 2 heterocycles. The number of nitrogens with one attached hydrogen (secondary N) is 1. The Morgan fingerprint density at radius 3 is 2.73 bits per heavy atom. The van der Waals surface area contributed by atoms with Crippen LogP contribution in [0.15, 0.2) is 113 Å². The van der Waals surface area contributed by atoms with E-state index in [-0.39, 0.29) is 35.8 Å². The lowest BCUT2D eigenvalue weighted by molar-refractivity contribution is -0.117. The number of rotatable bonds is 11. The van der Waals surface area contributed by atoms with Crippen LogP contribution in [0.3, 0.4) is 0 Å². The Kier molecular flexibility index (Phi) is 9.66. The minimum atomic E-state index is -0.696. The van der Waals surface area contributed by atoms with Gasteiger partial charge in [0.15, 0.2) is 17.0 Å². The van der Waals surface area contributed by atoms with Gasteiger partial charge in [0, 0.05) is 48.9 Å². The molecule has 6 nitrogen and oxygen atoms in total. The highest BCUT2D eigenvalue weighted by atomic mass is 19.1. The van der Waals surface area contributed by atoms with Gasteiger partial charge in [0.2, 0.25) is 5.88 Å². The number of allylic oxidation sites excluding steroid dienone is 9. The molecule has 8 heteroatoms. The molecule has 2 aromatic rings. The molecule has 0 unspecified atom stereocenters. The predicted molar refractivity (Wildman–Crippen MR) is 141 cm³/mol. The summed E-state index contributed by atoms with van der Waals surface area (Å²) in [6.07, 6.45) is 13.3. The molecule has 0 atom stereocenters. The Morgan fingerprint density at radius 2 is 2.00 bits per heavy atom. The zero-order valence-corrected chi connectivity index (χ0v) is 20.7. The first kappa shape index (κ1) is 27.3. The maximum Gasteiger partial charge on any atom is 0.251 e. The first-order valence-electron chi connectivity index (χ1n) is 11.9. The third-order valence-corrected chi connectivity index (χ3v) is 5.57. The summed E-state index contributed by atoms with van der Waals surface area (Å²) in [5, 5.41) is 7.16. The summed E-state index contributed by atoms with van der Waals surface area (Å²) < 4.78 is 34.6. The highest BCUT2D eigenvalue weighted by Crippen LogP contribution is 2.23. The van der Waals surface area contributed by atoms with Gasteiger partial charge < -0.3 is 10.1 Å². The maximum atomic E-state index is 14.2. The third kappa shape index (κ3) is 7.33. The molecule has 0 saturated heterocycles. The van der Waals surface area contributed by atoms with Crippen molar-refractivity contribution < 1.29 is 18.3 Å². The Labute approximate surface area is 214 Å². The number of hydrogen-bond donors (Lipinski definition) is 1. The average Bonchev–Trinajstić information content (AvgIpc) is 3.05. The zero-order valence-electron chi connectivity index (χ0n) is 20.7. The molecule has 3 rings (SSSR count). The minimum Gasteiger partial charge on any atom is -0.435 e. The third-order valence-electron chi connectivity index (χ3n) is 5.57. The van der Waals surface area contributed by atoms with E-state index in [0.29, 0.717) is 28.8 Å². The van der Waals surface area contributed by atoms with Crippen molar-refractivity contribution in [2.75, 3.05) is 6.54 Å². The van der Waals surface area contributed by atoms with E-state index in [1.54, 1.807) is 24.3 Å². The monoisotopic (exact) mass is 505 g/mol. The van der Waals surface area contributed by atoms with E-state index in [0.717, 1.165) is 25.0 Å². The second-order valence-corrected chi connectivity index (χ2v) is 8.22. The molecule has 192 valence electrons. The molecule has 0 aliphatic heterocycles. The van der Waals surface area contributed by atoms with Gasteiger partial charge in [0.1, 0.15) is 5.83 Å². The fourth-order valence-electron chi connectivity index (χ4n) is 3.48. The number of ether oxygens (including phenoxy) is 1. The van der Waals surface area contributed by atoms with Crippen molar-refractivity contribution in [1.82, 2.24) is 14.9 Å². The van der Waals surface area contributed by atoms with Crippen molar-refractivity contribution >= 4 is 11.4 Å². The Morgan fingerprint density at radius 1 is 1.19 bits per heavy atom. The maximum absolute atomic E-state index is 14.2. The lowest BCUT2D eigenvalue weighted by Gasteiger charge is -2.11. The second-order valence-electron chi connectivity index (χ2n) is 8.22. The smallest absolute Gasteiger partial charge is 0.251 e. The molecule has 0 fully saturated rings. The molecule has 37 heavy (non-hydrogen) atoms. The largest absolute Gasteiger partial charge is 0.435 e. The number of unbranched alkanes of at least 4 members (excludes halogenated alkanes) is 1. The van der Waals surface area contributed by atoms with Crippen LogP contribution in [-0.4, -0.2) is 22.1 Å². The fraction of sp³-hybridized carbons (Fsp3) is 0.207. The van der Waals surface area contributed by atoms with Gasteiger partial charge >= 0.3 is 0 Å². The average molecular weight is 506 g/mol. The van der Waals surface area contributed by atoms with E-state index < -0.39 is 11.7 Å². The van der Waals surface area contributed by atoms with Gasteiger partial charge in [-0.05, 0) is 42.4 Å². The van der Waals surface area contributed by atoms with Crippen LogP contribution in [0, 0.1) is 0 Å². The summed E-state index contributed by atoms with van der Waals surface area (Å²) in [6.45, 7) is 10.2. The number of nitrogens with zero attached hydrogens (tertiary/aromatic N) is 2.